The predicted octanol–water partition coefficient (Wildman–Crippen LogP) is 1.34. The maximum atomic E-state index is 5.88. The summed E-state index contributed by atoms with van der Waals surface area (Å²) in [5, 5.41) is 0. The minimum Gasteiger partial charge on any atom is -0.382 e. The Kier molecular flexibility index (Phi) is 3.07. The van der Waals surface area contributed by atoms with Crippen LogP contribution in [0.5, 0.6) is 0 Å². The van der Waals surface area contributed by atoms with Crippen LogP contribution < -0.4 is 17.2 Å². The van der Waals surface area contributed by atoms with Gasteiger partial charge in [-0.2, -0.15) is 9.97 Å². The molecule has 2 heterocycles. The molecule has 0 unspecified atom stereocenters. The topological polar surface area (TPSA) is 130 Å². The van der Waals surface area contributed by atoms with Gasteiger partial charge in [0.25, 0.3) is 0 Å². The molecule has 0 saturated carbocycles. The monoisotopic (exact) mass is 279 g/mol. The van der Waals surface area contributed by atoms with Crippen LogP contribution in [0.3, 0.4) is 0 Å². The number of nitrogen functional groups attached to an aromatic ring is 3. The minimum absolute atomic E-state index is 0.0428. The zero-order chi connectivity index (χ0) is 14.8. The molecule has 0 amide bonds. The van der Waals surface area contributed by atoms with Crippen molar-refractivity contribution in [3.8, 4) is 0 Å². The Balaban J connectivity index is 2.07. The van der Waals surface area contributed by atoms with Gasteiger partial charge >= 0.3 is 0 Å². The third-order valence-electron chi connectivity index (χ3n) is 2.86. The lowest BCUT2D eigenvalue weighted by Gasteiger charge is -2.04. The van der Waals surface area contributed by atoms with Crippen LogP contribution in [0.2, 0.25) is 0 Å². The highest BCUT2D eigenvalue weighted by Crippen LogP contribution is 2.19. The molecule has 3 rings (SSSR count). The number of aromatic nitrogens is 4. The van der Waals surface area contributed by atoms with Gasteiger partial charge in [-0.1, -0.05) is 36.4 Å². The van der Waals surface area contributed by atoms with Gasteiger partial charge in [-0.3, -0.25) is 0 Å². The number of rotatable bonds is 2. The molecule has 0 aliphatic carbocycles. The average molecular weight is 279 g/mol. The Morgan fingerprint density at radius 1 is 0.762 bits per heavy atom. The summed E-state index contributed by atoms with van der Waals surface area (Å²) in [4.78, 5) is 16.3. The van der Waals surface area contributed by atoms with E-state index in [2.05, 4.69) is 19.9 Å². The van der Waals surface area contributed by atoms with Gasteiger partial charge < -0.3 is 17.2 Å². The van der Waals surface area contributed by atoms with Gasteiger partial charge in [0.1, 0.15) is 5.69 Å². The Morgan fingerprint density at radius 2 is 1.52 bits per heavy atom. The standard InChI is InChI=1S/C14H13N7/c15-11-9(7-6-8-4-2-1-3-5-8)18-10-12(16)20-14(17)21-13(10)19-11/h1-7H,(H6,15,16,17,19,20,21). The molecule has 0 spiro atoms. The summed E-state index contributed by atoms with van der Waals surface area (Å²) in [6, 6.07) is 9.79. The molecule has 2 aromatic heterocycles. The molecule has 0 atom stereocenters. The first-order chi connectivity index (χ1) is 10.1. The Bertz CT molecular complexity index is 828. The van der Waals surface area contributed by atoms with Gasteiger partial charge in [-0.05, 0) is 11.6 Å². The number of nitrogens with two attached hydrogens (primary N) is 3. The number of hydrogen-bond acceptors (Lipinski definition) is 7. The average Bonchev–Trinajstić information content (AvgIpc) is 2.46. The molecule has 0 radical (unpaired) electrons. The normalized spacial score (nSPS) is 11.2. The van der Waals surface area contributed by atoms with Crippen molar-refractivity contribution in [1.29, 1.82) is 0 Å². The van der Waals surface area contributed by atoms with Crippen molar-refractivity contribution in [2.45, 2.75) is 0 Å². The Labute approximate surface area is 120 Å². The first-order valence-corrected chi connectivity index (χ1v) is 6.23. The fourth-order valence-corrected chi connectivity index (χ4v) is 1.87. The number of hydrogen-bond donors (Lipinski definition) is 3. The molecule has 3 aromatic rings. The Hall–Kier alpha value is -3.22. The van der Waals surface area contributed by atoms with Crippen LogP contribution in [0.15, 0.2) is 30.3 Å². The number of fused-ring (bicyclic) bond motifs is 1. The molecule has 0 fully saturated rings. The first kappa shape index (κ1) is 12.8. The SMILES string of the molecule is Nc1nc(N)c2nc(C=Cc3ccccc3)c(N)nc2n1. The number of nitrogens with zero attached hydrogens (tertiary/aromatic N) is 4. The van der Waals surface area contributed by atoms with Gasteiger partial charge in [0.2, 0.25) is 5.95 Å². The second kappa shape index (κ2) is 5.04. The molecule has 0 aliphatic heterocycles. The number of anilines is 3. The van der Waals surface area contributed by atoms with Crippen molar-refractivity contribution >= 4 is 40.9 Å². The second-order valence-electron chi connectivity index (χ2n) is 4.38. The van der Waals surface area contributed by atoms with Gasteiger partial charge in [0, 0.05) is 0 Å². The zero-order valence-electron chi connectivity index (χ0n) is 11.1. The maximum Gasteiger partial charge on any atom is 0.224 e. The summed E-state index contributed by atoms with van der Waals surface area (Å²) < 4.78 is 0. The van der Waals surface area contributed by atoms with Crippen LogP contribution >= 0.6 is 0 Å². The van der Waals surface area contributed by atoms with Crippen LogP contribution in [0.1, 0.15) is 11.3 Å². The third kappa shape index (κ3) is 2.57. The molecular weight excluding hydrogens is 266 g/mol. The predicted molar refractivity (Wildman–Crippen MR) is 83.7 cm³/mol. The van der Waals surface area contributed by atoms with Crippen molar-refractivity contribution in [3.63, 3.8) is 0 Å². The van der Waals surface area contributed by atoms with Crippen LogP contribution in [-0.2, 0) is 0 Å². The van der Waals surface area contributed by atoms with Crippen LogP contribution in [0, 0.1) is 0 Å². The van der Waals surface area contributed by atoms with Gasteiger partial charge in [0.15, 0.2) is 22.8 Å². The highest BCUT2D eigenvalue weighted by Gasteiger charge is 2.09. The van der Waals surface area contributed by atoms with Crippen LogP contribution in [-0.4, -0.2) is 19.9 Å². The van der Waals surface area contributed by atoms with E-state index in [0.717, 1.165) is 5.56 Å². The van der Waals surface area contributed by atoms with Crippen molar-refractivity contribution in [1.82, 2.24) is 19.9 Å². The quantitative estimate of drug-likeness (QED) is 0.645. The van der Waals surface area contributed by atoms with E-state index in [4.69, 9.17) is 17.2 Å². The molecule has 1 aromatic carbocycles. The van der Waals surface area contributed by atoms with Crippen molar-refractivity contribution < 1.29 is 0 Å². The first-order valence-electron chi connectivity index (χ1n) is 6.23. The van der Waals surface area contributed by atoms with E-state index in [1.165, 1.54) is 0 Å². The smallest absolute Gasteiger partial charge is 0.224 e. The van der Waals surface area contributed by atoms with Crippen molar-refractivity contribution in [2.75, 3.05) is 17.2 Å². The molecule has 104 valence electrons. The zero-order valence-corrected chi connectivity index (χ0v) is 11.1. The van der Waals surface area contributed by atoms with Gasteiger partial charge in [0.05, 0.1) is 0 Å². The van der Waals surface area contributed by atoms with Gasteiger partial charge in [-0.15, -0.1) is 0 Å². The highest BCUT2D eigenvalue weighted by molar-refractivity contribution is 5.85. The lowest BCUT2D eigenvalue weighted by atomic mass is 10.2. The third-order valence-corrected chi connectivity index (χ3v) is 2.86. The van der Waals surface area contributed by atoms with Crippen LogP contribution in [0.25, 0.3) is 23.3 Å². The molecule has 6 N–H and O–H groups in total. The minimum atomic E-state index is 0.0428. The van der Waals surface area contributed by atoms with E-state index < -0.39 is 0 Å². The van der Waals surface area contributed by atoms with Crippen molar-refractivity contribution in [3.05, 3.63) is 41.6 Å². The summed E-state index contributed by atoms with van der Waals surface area (Å²) >= 11 is 0. The van der Waals surface area contributed by atoms with E-state index in [0.29, 0.717) is 11.2 Å². The fraction of sp³-hybridized carbons (Fsp3) is 0. The van der Waals surface area contributed by atoms with E-state index in [1.807, 2.05) is 36.4 Å². The molecule has 7 nitrogen and oxygen atoms in total. The van der Waals surface area contributed by atoms with Gasteiger partial charge in [-0.25, -0.2) is 9.97 Å². The maximum absolute atomic E-state index is 5.88. The largest absolute Gasteiger partial charge is 0.382 e. The molecular formula is C14H13N7. The molecule has 21 heavy (non-hydrogen) atoms. The summed E-state index contributed by atoms with van der Waals surface area (Å²) in [5.74, 6) is 0.479. The summed E-state index contributed by atoms with van der Waals surface area (Å²) in [5.41, 5.74) is 19.4. The Morgan fingerprint density at radius 3 is 2.29 bits per heavy atom. The summed E-state index contributed by atoms with van der Waals surface area (Å²) in [7, 11) is 0. The molecule has 0 aliphatic rings. The fourth-order valence-electron chi connectivity index (χ4n) is 1.87. The van der Waals surface area contributed by atoms with E-state index in [1.54, 1.807) is 6.08 Å². The molecule has 0 bridgehead atoms. The summed E-state index contributed by atoms with van der Waals surface area (Å²) in [6.07, 6.45) is 3.66. The number of benzene rings is 1. The summed E-state index contributed by atoms with van der Waals surface area (Å²) in [6.45, 7) is 0. The molecule has 7 heteroatoms. The van der Waals surface area contributed by atoms with E-state index in [-0.39, 0.29) is 23.2 Å². The lowest BCUT2D eigenvalue weighted by molar-refractivity contribution is 1.16. The second-order valence-corrected chi connectivity index (χ2v) is 4.38. The highest BCUT2D eigenvalue weighted by atomic mass is 15.1. The molecule has 0 saturated heterocycles. The van der Waals surface area contributed by atoms with Crippen LogP contribution in [0.4, 0.5) is 17.6 Å². The lowest BCUT2D eigenvalue weighted by Crippen LogP contribution is -2.06. The van der Waals surface area contributed by atoms with E-state index >= 15 is 0 Å². The van der Waals surface area contributed by atoms with E-state index in [9.17, 15) is 0 Å². The van der Waals surface area contributed by atoms with Crippen molar-refractivity contribution in [2.24, 2.45) is 0 Å².